The van der Waals surface area contributed by atoms with Gasteiger partial charge in [-0.05, 0) is 60.0 Å². The maximum atomic E-state index is 14.3. The van der Waals surface area contributed by atoms with Gasteiger partial charge in [0.15, 0.2) is 0 Å². The molecular formula is C35H27BrF3N5O2. The lowest BCUT2D eigenvalue weighted by molar-refractivity contribution is -0.138. The van der Waals surface area contributed by atoms with Crippen molar-refractivity contribution < 1.29 is 18.0 Å². The van der Waals surface area contributed by atoms with Crippen molar-refractivity contribution in [2.75, 3.05) is 6.54 Å². The summed E-state index contributed by atoms with van der Waals surface area (Å²) in [6, 6.07) is 25.1. The summed E-state index contributed by atoms with van der Waals surface area (Å²) in [5.41, 5.74) is 5.03. The number of amides is 1. The Labute approximate surface area is 270 Å². The number of aryl methyl sites for hydroxylation is 1. The molecule has 3 aromatic carbocycles. The molecule has 0 fully saturated rings. The minimum Gasteiger partial charge on any atom is -0.351 e. The number of alkyl halides is 3. The number of hydrogen-bond donors (Lipinski definition) is 0. The molecule has 0 spiro atoms. The van der Waals surface area contributed by atoms with Crippen molar-refractivity contribution in [2.45, 2.75) is 25.6 Å². The van der Waals surface area contributed by atoms with E-state index in [1.165, 1.54) is 17.0 Å². The third-order valence-corrected chi connectivity index (χ3v) is 9.17. The summed E-state index contributed by atoms with van der Waals surface area (Å²) in [6.45, 7) is 0.200. The van der Waals surface area contributed by atoms with E-state index in [-0.39, 0.29) is 35.1 Å². The van der Waals surface area contributed by atoms with Crippen LogP contribution in [-0.4, -0.2) is 36.1 Å². The van der Waals surface area contributed by atoms with E-state index in [1.807, 2.05) is 84.5 Å². The Kier molecular flexibility index (Phi) is 7.43. The van der Waals surface area contributed by atoms with Crippen LogP contribution in [0.5, 0.6) is 0 Å². The summed E-state index contributed by atoms with van der Waals surface area (Å²) in [7, 11) is 1.98. The number of carbonyl (C=O) groups is 1. The SMILES string of the molecule is Cn1cccc1-c1ccc(-n2c(=O)c3c(n4ncc(Cc5ccccc5)c24)CN(C(=O)c2ccc(Br)c(C(F)(F)F)c2)CC3)cc1. The van der Waals surface area contributed by atoms with Crippen molar-refractivity contribution in [1.29, 1.82) is 0 Å². The van der Waals surface area contributed by atoms with Gasteiger partial charge in [0, 0.05) is 53.1 Å². The normalized spacial score (nSPS) is 13.3. The van der Waals surface area contributed by atoms with Crippen LogP contribution in [-0.2, 0) is 32.6 Å². The molecule has 0 atom stereocenters. The first-order valence-electron chi connectivity index (χ1n) is 14.7. The first-order chi connectivity index (χ1) is 22.1. The van der Waals surface area contributed by atoms with Gasteiger partial charge in [0.05, 0.1) is 29.7 Å². The summed E-state index contributed by atoms with van der Waals surface area (Å²) in [6.07, 6.45) is -0.158. The monoisotopic (exact) mass is 685 g/mol. The van der Waals surface area contributed by atoms with Crippen molar-refractivity contribution in [1.82, 2.24) is 23.6 Å². The molecule has 7 nitrogen and oxygen atoms in total. The Morgan fingerprint density at radius 2 is 1.74 bits per heavy atom. The van der Waals surface area contributed by atoms with Gasteiger partial charge in [0.2, 0.25) is 0 Å². The van der Waals surface area contributed by atoms with Gasteiger partial charge in [-0.25, -0.2) is 4.52 Å². The van der Waals surface area contributed by atoms with Crippen LogP contribution >= 0.6 is 15.9 Å². The lowest BCUT2D eigenvalue weighted by Crippen LogP contribution is -2.41. The Balaban J connectivity index is 1.33. The zero-order chi connectivity index (χ0) is 32.2. The fraction of sp³-hybridized carbons (Fsp3) is 0.171. The molecule has 4 heterocycles. The summed E-state index contributed by atoms with van der Waals surface area (Å²) >= 11 is 2.94. The summed E-state index contributed by atoms with van der Waals surface area (Å²) in [5, 5.41) is 4.71. The van der Waals surface area contributed by atoms with Crippen molar-refractivity contribution >= 4 is 27.5 Å². The van der Waals surface area contributed by atoms with E-state index in [0.29, 0.717) is 29.0 Å². The number of benzene rings is 3. The number of halogens is 4. The fourth-order valence-electron chi connectivity index (χ4n) is 6.17. The van der Waals surface area contributed by atoms with Crippen molar-refractivity contribution in [3.63, 3.8) is 0 Å². The molecule has 7 rings (SSSR count). The van der Waals surface area contributed by atoms with E-state index >= 15 is 0 Å². The van der Waals surface area contributed by atoms with Crippen LogP contribution in [0.1, 0.15) is 38.3 Å². The Morgan fingerprint density at radius 1 is 0.978 bits per heavy atom. The molecular weight excluding hydrogens is 659 g/mol. The first-order valence-corrected chi connectivity index (χ1v) is 15.4. The predicted molar refractivity (Wildman–Crippen MR) is 172 cm³/mol. The molecule has 6 aromatic rings. The van der Waals surface area contributed by atoms with Crippen LogP contribution in [0.15, 0.2) is 107 Å². The topological polar surface area (TPSA) is 64.5 Å². The van der Waals surface area contributed by atoms with Gasteiger partial charge in [-0.2, -0.15) is 18.3 Å². The zero-order valence-corrected chi connectivity index (χ0v) is 26.2. The van der Waals surface area contributed by atoms with Gasteiger partial charge in [-0.1, -0.05) is 58.4 Å². The average molecular weight is 687 g/mol. The minimum atomic E-state index is -4.62. The average Bonchev–Trinajstić information content (AvgIpc) is 3.67. The highest BCUT2D eigenvalue weighted by Crippen LogP contribution is 2.36. The highest BCUT2D eigenvalue weighted by atomic mass is 79.9. The number of aromatic nitrogens is 4. The zero-order valence-electron chi connectivity index (χ0n) is 24.6. The number of carbonyl (C=O) groups excluding carboxylic acids is 1. The lowest BCUT2D eigenvalue weighted by atomic mass is 10.0. The second kappa shape index (κ2) is 11.5. The maximum absolute atomic E-state index is 14.3. The van der Waals surface area contributed by atoms with Gasteiger partial charge in [-0.15, -0.1) is 0 Å². The van der Waals surface area contributed by atoms with E-state index < -0.39 is 17.6 Å². The number of nitrogens with zero attached hydrogens (tertiary/aromatic N) is 5. The molecule has 0 aliphatic carbocycles. The minimum absolute atomic E-state index is 0.0248. The third-order valence-electron chi connectivity index (χ3n) is 8.47. The van der Waals surface area contributed by atoms with Gasteiger partial charge in [-0.3, -0.25) is 14.2 Å². The van der Waals surface area contributed by atoms with Gasteiger partial charge in [0.1, 0.15) is 5.65 Å². The van der Waals surface area contributed by atoms with Crippen LogP contribution < -0.4 is 5.56 Å². The van der Waals surface area contributed by atoms with Crippen LogP contribution in [0.25, 0.3) is 22.6 Å². The van der Waals surface area contributed by atoms with Crippen LogP contribution in [0.3, 0.4) is 0 Å². The Hall–Kier alpha value is -4.90. The molecule has 0 saturated heterocycles. The summed E-state index contributed by atoms with van der Waals surface area (Å²) in [4.78, 5) is 29.3. The van der Waals surface area contributed by atoms with Gasteiger partial charge >= 0.3 is 6.18 Å². The molecule has 1 aliphatic rings. The molecule has 0 bridgehead atoms. The third kappa shape index (κ3) is 5.24. The molecule has 46 heavy (non-hydrogen) atoms. The standard InChI is InChI=1S/C35H27BrF3N5O2/c1-41-16-5-8-30(41)23-9-12-26(13-10-23)43-32-25(18-22-6-3-2-4-7-22)20-40-44(32)31-21-42(17-15-27(31)34(43)46)33(45)24-11-14-29(36)28(19-24)35(37,38)39/h2-14,16,19-20H,15,17-18,21H2,1H3. The molecule has 0 saturated carbocycles. The molecule has 1 aliphatic heterocycles. The number of hydrogen-bond acceptors (Lipinski definition) is 3. The van der Waals surface area contributed by atoms with E-state index in [2.05, 4.69) is 15.9 Å². The quantitative estimate of drug-likeness (QED) is 0.195. The second-order valence-corrected chi connectivity index (χ2v) is 12.2. The van der Waals surface area contributed by atoms with Gasteiger partial charge in [0.25, 0.3) is 11.5 Å². The van der Waals surface area contributed by atoms with Crippen LogP contribution in [0.2, 0.25) is 0 Å². The van der Waals surface area contributed by atoms with E-state index in [9.17, 15) is 22.8 Å². The van der Waals surface area contributed by atoms with Crippen molar-refractivity contribution in [3.8, 4) is 16.9 Å². The lowest BCUT2D eigenvalue weighted by Gasteiger charge is -2.30. The molecule has 232 valence electrons. The smallest absolute Gasteiger partial charge is 0.351 e. The largest absolute Gasteiger partial charge is 0.417 e. The predicted octanol–water partition coefficient (Wildman–Crippen LogP) is 7.06. The molecule has 1 amide bonds. The van der Waals surface area contributed by atoms with Crippen LogP contribution in [0, 0.1) is 0 Å². The first kappa shape index (κ1) is 29.8. The molecule has 3 aromatic heterocycles. The van der Waals surface area contributed by atoms with E-state index in [4.69, 9.17) is 5.10 Å². The summed E-state index contributed by atoms with van der Waals surface area (Å²) in [5.74, 6) is -0.547. The fourth-order valence-corrected chi connectivity index (χ4v) is 6.64. The van der Waals surface area contributed by atoms with Crippen LogP contribution in [0.4, 0.5) is 13.2 Å². The molecule has 11 heteroatoms. The van der Waals surface area contributed by atoms with E-state index in [0.717, 1.165) is 28.5 Å². The Bertz CT molecular complexity index is 2170. The number of fused-ring (bicyclic) bond motifs is 3. The highest BCUT2D eigenvalue weighted by molar-refractivity contribution is 9.10. The summed E-state index contributed by atoms with van der Waals surface area (Å²) < 4.78 is 46.1. The maximum Gasteiger partial charge on any atom is 0.417 e. The Morgan fingerprint density at radius 3 is 2.43 bits per heavy atom. The highest BCUT2D eigenvalue weighted by Gasteiger charge is 2.35. The molecule has 0 unspecified atom stereocenters. The molecule has 0 N–H and O–H groups in total. The number of rotatable bonds is 5. The van der Waals surface area contributed by atoms with Crippen molar-refractivity contribution in [3.05, 3.63) is 146 Å². The van der Waals surface area contributed by atoms with Crippen molar-refractivity contribution in [2.24, 2.45) is 7.05 Å². The van der Waals surface area contributed by atoms with E-state index in [1.54, 1.807) is 15.3 Å². The molecule has 0 radical (unpaired) electrons. The van der Waals surface area contributed by atoms with Gasteiger partial charge < -0.3 is 9.47 Å². The second-order valence-electron chi connectivity index (χ2n) is 11.4.